The van der Waals surface area contributed by atoms with Crippen molar-refractivity contribution in [2.45, 2.75) is 25.0 Å². The Morgan fingerprint density at radius 3 is 2.95 bits per heavy atom. The van der Waals surface area contributed by atoms with Crippen molar-refractivity contribution < 1.29 is 9.59 Å². The van der Waals surface area contributed by atoms with Crippen LogP contribution in [0.5, 0.6) is 0 Å². The Hall–Kier alpha value is -1.87. The first kappa shape index (κ1) is 15.5. The van der Waals surface area contributed by atoms with Crippen LogP contribution in [0.4, 0.5) is 4.79 Å². The Morgan fingerprint density at radius 1 is 1.48 bits per heavy atom. The summed E-state index contributed by atoms with van der Waals surface area (Å²) in [5.74, 6) is 0.360. The van der Waals surface area contributed by atoms with Gasteiger partial charge in [-0.1, -0.05) is 17.8 Å². The summed E-state index contributed by atoms with van der Waals surface area (Å²) in [6.07, 6.45) is 0. The Balaban J connectivity index is 1.81. The predicted octanol–water partition coefficient (Wildman–Crippen LogP) is 1.86. The lowest BCUT2D eigenvalue weighted by molar-refractivity contribution is -0.117. The van der Waals surface area contributed by atoms with Gasteiger partial charge in [0.15, 0.2) is 5.82 Å². The number of thiophene rings is 1. The van der Waals surface area contributed by atoms with Crippen molar-refractivity contribution >= 4 is 35.0 Å². The summed E-state index contributed by atoms with van der Waals surface area (Å²) in [4.78, 5) is 28.2. The van der Waals surface area contributed by atoms with Gasteiger partial charge in [0, 0.05) is 6.04 Å². The topological polar surface area (TPSA) is 99.8 Å². The molecule has 0 saturated carbocycles. The fourth-order valence-corrected chi connectivity index (χ4v) is 2.69. The number of H-pyrrole nitrogens is 1. The zero-order valence-corrected chi connectivity index (χ0v) is 13.2. The molecule has 112 valence electrons. The van der Waals surface area contributed by atoms with E-state index in [9.17, 15) is 9.59 Å². The summed E-state index contributed by atoms with van der Waals surface area (Å²) in [5.41, 5.74) is 0. The fraction of sp³-hybridized carbons (Fsp3) is 0.333. The molecule has 0 bridgehead atoms. The van der Waals surface area contributed by atoms with Crippen LogP contribution in [0.2, 0.25) is 0 Å². The van der Waals surface area contributed by atoms with E-state index in [1.807, 2.05) is 31.4 Å². The molecule has 0 fully saturated rings. The van der Waals surface area contributed by atoms with Gasteiger partial charge in [-0.2, -0.15) is 0 Å². The molecule has 2 aromatic rings. The van der Waals surface area contributed by atoms with E-state index in [1.165, 1.54) is 11.8 Å². The number of rotatable bonds is 5. The summed E-state index contributed by atoms with van der Waals surface area (Å²) < 4.78 is 0. The highest BCUT2D eigenvalue weighted by molar-refractivity contribution is 7.99. The van der Waals surface area contributed by atoms with Crippen LogP contribution in [-0.2, 0) is 4.79 Å². The van der Waals surface area contributed by atoms with Gasteiger partial charge in [0.1, 0.15) is 0 Å². The van der Waals surface area contributed by atoms with Crippen LogP contribution in [-0.4, -0.2) is 38.9 Å². The summed E-state index contributed by atoms with van der Waals surface area (Å²) in [7, 11) is 0. The Morgan fingerprint density at radius 2 is 2.29 bits per heavy atom. The molecule has 2 rings (SSSR count). The maximum atomic E-state index is 11.6. The van der Waals surface area contributed by atoms with Crippen LogP contribution in [0.1, 0.15) is 13.8 Å². The molecular weight excluding hydrogens is 310 g/mol. The summed E-state index contributed by atoms with van der Waals surface area (Å²) in [5, 5.41) is 14.1. The molecule has 0 aromatic carbocycles. The average Bonchev–Trinajstić information content (AvgIpc) is 3.06. The number of amides is 3. The number of urea groups is 1. The zero-order valence-electron chi connectivity index (χ0n) is 11.5. The van der Waals surface area contributed by atoms with Gasteiger partial charge in [-0.3, -0.25) is 15.2 Å². The number of carbonyl (C=O) groups is 2. The SMILES string of the molecule is CC(C)NC(=O)NC(=O)CSc1n[nH]c(-c2cccs2)n1. The third-order valence-electron chi connectivity index (χ3n) is 2.22. The van der Waals surface area contributed by atoms with Crippen LogP contribution < -0.4 is 10.6 Å². The number of nitrogens with one attached hydrogen (secondary N) is 3. The zero-order chi connectivity index (χ0) is 15.2. The molecule has 9 heteroatoms. The first-order chi connectivity index (χ1) is 10.0. The van der Waals surface area contributed by atoms with Gasteiger partial charge in [0.2, 0.25) is 11.1 Å². The fourth-order valence-electron chi connectivity index (χ4n) is 1.43. The molecule has 0 radical (unpaired) electrons. The molecule has 0 spiro atoms. The summed E-state index contributed by atoms with van der Waals surface area (Å²) in [6.45, 7) is 3.64. The minimum absolute atomic E-state index is 0.0215. The van der Waals surface area contributed by atoms with Gasteiger partial charge in [0.05, 0.1) is 10.6 Å². The molecule has 0 saturated heterocycles. The molecular formula is C12H15N5O2S2. The van der Waals surface area contributed by atoms with Crippen molar-refractivity contribution in [2.75, 3.05) is 5.75 Å². The number of imide groups is 1. The first-order valence-electron chi connectivity index (χ1n) is 6.24. The van der Waals surface area contributed by atoms with Crippen LogP contribution >= 0.6 is 23.1 Å². The van der Waals surface area contributed by atoms with Gasteiger partial charge in [-0.25, -0.2) is 9.78 Å². The van der Waals surface area contributed by atoms with Gasteiger partial charge in [0.25, 0.3) is 0 Å². The standard InChI is InChI=1S/C12H15N5O2S2/c1-7(2)13-11(19)14-9(18)6-21-12-15-10(16-17-12)8-4-3-5-20-8/h3-5,7H,6H2,1-2H3,(H,15,16,17)(H2,13,14,18,19). The normalized spacial score (nSPS) is 10.6. The summed E-state index contributed by atoms with van der Waals surface area (Å²) in [6, 6.07) is 3.34. The highest BCUT2D eigenvalue weighted by Gasteiger charge is 2.12. The van der Waals surface area contributed by atoms with Crippen LogP contribution in [0.25, 0.3) is 10.7 Å². The molecule has 0 unspecified atom stereocenters. The molecule has 2 aromatic heterocycles. The molecule has 3 amide bonds. The molecule has 3 N–H and O–H groups in total. The lowest BCUT2D eigenvalue weighted by atomic mass is 10.4. The Kier molecular flexibility index (Phi) is 5.34. The number of aromatic amines is 1. The molecule has 0 aliphatic heterocycles. The smallest absolute Gasteiger partial charge is 0.321 e. The molecule has 0 aliphatic carbocycles. The second-order valence-corrected chi connectivity index (χ2v) is 6.30. The first-order valence-corrected chi connectivity index (χ1v) is 8.10. The van der Waals surface area contributed by atoms with E-state index in [1.54, 1.807) is 11.3 Å². The van der Waals surface area contributed by atoms with Gasteiger partial charge < -0.3 is 5.32 Å². The second kappa shape index (κ2) is 7.23. The minimum Gasteiger partial charge on any atom is -0.336 e. The number of hydrogen-bond acceptors (Lipinski definition) is 6. The van der Waals surface area contributed by atoms with Crippen LogP contribution in [0.3, 0.4) is 0 Å². The summed E-state index contributed by atoms with van der Waals surface area (Å²) >= 11 is 2.72. The lowest BCUT2D eigenvalue weighted by Crippen LogP contribution is -2.43. The van der Waals surface area contributed by atoms with E-state index < -0.39 is 6.03 Å². The van der Waals surface area contributed by atoms with Crippen molar-refractivity contribution in [2.24, 2.45) is 0 Å². The van der Waals surface area contributed by atoms with Crippen molar-refractivity contribution in [3.63, 3.8) is 0 Å². The van der Waals surface area contributed by atoms with Gasteiger partial charge in [-0.05, 0) is 25.3 Å². The maximum absolute atomic E-state index is 11.6. The average molecular weight is 325 g/mol. The van der Waals surface area contributed by atoms with Crippen molar-refractivity contribution in [1.82, 2.24) is 25.8 Å². The van der Waals surface area contributed by atoms with Crippen LogP contribution in [0.15, 0.2) is 22.7 Å². The Bertz CT molecular complexity index is 609. The quantitative estimate of drug-likeness (QED) is 0.729. The van der Waals surface area contributed by atoms with E-state index in [2.05, 4.69) is 25.8 Å². The molecule has 0 aliphatic rings. The van der Waals surface area contributed by atoms with E-state index in [0.29, 0.717) is 11.0 Å². The second-order valence-electron chi connectivity index (χ2n) is 4.41. The molecule has 7 nitrogen and oxygen atoms in total. The molecule has 0 atom stereocenters. The number of hydrogen-bond donors (Lipinski definition) is 3. The highest BCUT2D eigenvalue weighted by Crippen LogP contribution is 2.22. The number of nitrogens with zero attached hydrogens (tertiary/aromatic N) is 2. The third-order valence-corrected chi connectivity index (χ3v) is 3.95. The third kappa shape index (κ3) is 4.87. The maximum Gasteiger partial charge on any atom is 0.321 e. The number of thioether (sulfide) groups is 1. The van der Waals surface area contributed by atoms with Gasteiger partial charge >= 0.3 is 6.03 Å². The monoisotopic (exact) mass is 325 g/mol. The molecule has 2 heterocycles. The Labute approximate surface area is 129 Å². The van der Waals surface area contributed by atoms with E-state index in [0.717, 1.165) is 4.88 Å². The predicted molar refractivity (Wildman–Crippen MR) is 82.2 cm³/mol. The largest absolute Gasteiger partial charge is 0.336 e. The van der Waals surface area contributed by atoms with E-state index >= 15 is 0 Å². The van der Waals surface area contributed by atoms with Crippen molar-refractivity contribution in [1.29, 1.82) is 0 Å². The van der Waals surface area contributed by atoms with Crippen molar-refractivity contribution in [3.05, 3.63) is 17.5 Å². The minimum atomic E-state index is -0.495. The number of carbonyl (C=O) groups excluding carboxylic acids is 2. The van der Waals surface area contributed by atoms with E-state index in [-0.39, 0.29) is 17.7 Å². The van der Waals surface area contributed by atoms with Crippen LogP contribution in [0, 0.1) is 0 Å². The molecule has 21 heavy (non-hydrogen) atoms. The van der Waals surface area contributed by atoms with Crippen molar-refractivity contribution in [3.8, 4) is 10.7 Å². The number of aromatic nitrogens is 3. The highest BCUT2D eigenvalue weighted by atomic mass is 32.2. The van der Waals surface area contributed by atoms with E-state index in [4.69, 9.17) is 0 Å². The lowest BCUT2D eigenvalue weighted by Gasteiger charge is -2.08. The van der Waals surface area contributed by atoms with Gasteiger partial charge in [-0.15, -0.1) is 16.4 Å².